The molecule has 120 valence electrons. The second kappa shape index (κ2) is 7.26. The van der Waals surface area contributed by atoms with E-state index in [1.807, 2.05) is 36.4 Å². The van der Waals surface area contributed by atoms with Crippen LogP contribution >= 0.6 is 11.6 Å². The second-order valence-electron chi connectivity index (χ2n) is 6.09. The number of rotatable bonds is 4. The first-order valence-corrected chi connectivity index (χ1v) is 8.30. The fourth-order valence-electron chi connectivity index (χ4n) is 2.83. The minimum absolute atomic E-state index is 0.0262. The van der Waals surface area contributed by atoms with Gasteiger partial charge in [0.25, 0.3) is 0 Å². The Labute approximate surface area is 142 Å². The van der Waals surface area contributed by atoms with Gasteiger partial charge in [-0.05, 0) is 24.7 Å². The van der Waals surface area contributed by atoms with Crippen LogP contribution in [0.3, 0.4) is 0 Å². The Morgan fingerprint density at radius 3 is 2.30 bits per heavy atom. The van der Waals surface area contributed by atoms with E-state index in [4.69, 9.17) is 11.6 Å². The van der Waals surface area contributed by atoms with Gasteiger partial charge in [-0.15, -0.1) is 0 Å². The molecule has 3 rings (SSSR count). The molecule has 0 atom stereocenters. The third kappa shape index (κ3) is 3.99. The van der Waals surface area contributed by atoms with Crippen molar-refractivity contribution in [1.82, 2.24) is 9.80 Å². The molecule has 0 aromatic heterocycles. The summed E-state index contributed by atoms with van der Waals surface area (Å²) in [5, 5.41) is 0.499. The van der Waals surface area contributed by atoms with Gasteiger partial charge in [0.15, 0.2) is 5.78 Å². The maximum Gasteiger partial charge on any atom is 0.194 e. The summed E-state index contributed by atoms with van der Waals surface area (Å²) in [6.07, 6.45) is 0. The van der Waals surface area contributed by atoms with Crippen LogP contribution in [0.15, 0.2) is 48.5 Å². The van der Waals surface area contributed by atoms with Crippen LogP contribution < -0.4 is 0 Å². The first kappa shape index (κ1) is 16.2. The molecule has 1 aliphatic heterocycles. The lowest BCUT2D eigenvalue weighted by Crippen LogP contribution is -2.43. The Morgan fingerprint density at radius 1 is 1.00 bits per heavy atom. The lowest BCUT2D eigenvalue weighted by atomic mass is 10.0. The van der Waals surface area contributed by atoms with E-state index >= 15 is 0 Å². The topological polar surface area (TPSA) is 23.6 Å². The van der Waals surface area contributed by atoms with Crippen LogP contribution in [0.4, 0.5) is 0 Å². The highest BCUT2D eigenvalue weighted by atomic mass is 35.5. The summed E-state index contributed by atoms with van der Waals surface area (Å²) in [6.45, 7) is 5.36. The number of piperazine rings is 1. The van der Waals surface area contributed by atoms with Crippen molar-refractivity contribution in [2.45, 2.75) is 6.54 Å². The Morgan fingerprint density at radius 2 is 1.65 bits per heavy atom. The van der Waals surface area contributed by atoms with E-state index in [-0.39, 0.29) is 5.78 Å². The molecule has 1 heterocycles. The Balaban J connectivity index is 1.67. The Kier molecular flexibility index (Phi) is 5.11. The van der Waals surface area contributed by atoms with E-state index in [9.17, 15) is 4.79 Å². The normalized spacial score (nSPS) is 16.4. The Bertz CT molecular complexity index is 676. The minimum atomic E-state index is -0.0262. The average Bonchev–Trinajstić information content (AvgIpc) is 2.57. The van der Waals surface area contributed by atoms with Crippen molar-refractivity contribution >= 4 is 17.4 Å². The quantitative estimate of drug-likeness (QED) is 0.804. The highest BCUT2D eigenvalue weighted by Gasteiger charge is 2.15. The predicted molar refractivity (Wildman–Crippen MR) is 94.1 cm³/mol. The molecule has 1 fully saturated rings. The van der Waals surface area contributed by atoms with Gasteiger partial charge in [0, 0.05) is 43.9 Å². The van der Waals surface area contributed by atoms with Crippen molar-refractivity contribution in [3.8, 4) is 0 Å². The number of halogens is 1. The van der Waals surface area contributed by atoms with Gasteiger partial charge in [0.2, 0.25) is 0 Å². The van der Waals surface area contributed by atoms with Crippen molar-refractivity contribution < 1.29 is 4.79 Å². The smallest absolute Gasteiger partial charge is 0.194 e. The summed E-state index contributed by atoms with van der Waals surface area (Å²) in [5.74, 6) is -0.0262. The number of carbonyl (C=O) groups is 1. The minimum Gasteiger partial charge on any atom is -0.304 e. The van der Waals surface area contributed by atoms with E-state index < -0.39 is 0 Å². The third-order valence-corrected chi connectivity index (χ3v) is 4.67. The molecule has 3 nitrogen and oxygen atoms in total. The van der Waals surface area contributed by atoms with Gasteiger partial charge in [-0.25, -0.2) is 0 Å². The van der Waals surface area contributed by atoms with Gasteiger partial charge < -0.3 is 4.90 Å². The number of likely N-dealkylation sites (N-methyl/N-ethyl adjacent to an activating group) is 1. The zero-order valence-corrected chi connectivity index (χ0v) is 14.1. The molecular formula is C19H21ClN2O. The van der Waals surface area contributed by atoms with Crippen molar-refractivity contribution in [3.63, 3.8) is 0 Å². The maximum atomic E-state index is 12.5. The first-order valence-electron chi connectivity index (χ1n) is 7.92. The van der Waals surface area contributed by atoms with Crippen LogP contribution in [-0.4, -0.2) is 48.8 Å². The molecule has 0 aliphatic carbocycles. The van der Waals surface area contributed by atoms with Crippen LogP contribution in [0.1, 0.15) is 21.5 Å². The standard InChI is InChI=1S/C19H21ClN2O/c1-21-10-12-22(13-11-21)14-15-6-8-16(9-7-15)19(23)17-4-2-3-5-18(17)20/h2-9H,10-14H2,1H3. The molecule has 1 saturated heterocycles. The van der Waals surface area contributed by atoms with Crippen molar-refractivity contribution in [3.05, 3.63) is 70.2 Å². The summed E-state index contributed by atoms with van der Waals surface area (Å²) in [5.41, 5.74) is 2.48. The fourth-order valence-corrected chi connectivity index (χ4v) is 3.05. The van der Waals surface area contributed by atoms with Gasteiger partial charge in [-0.3, -0.25) is 9.69 Å². The zero-order chi connectivity index (χ0) is 16.2. The second-order valence-corrected chi connectivity index (χ2v) is 6.49. The molecule has 2 aromatic carbocycles. The predicted octanol–water partition coefficient (Wildman–Crippen LogP) is 3.32. The van der Waals surface area contributed by atoms with Gasteiger partial charge in [0.05, 0.1) is 5.02 Å². The summed E-state index contributed by atoms with van der Waals surface area (Å²) < 4.78 is 0. The molecular weight excluding hydrogens is 308 g/mol. The summed E-state index contributed by atoms with van der Waals surface area (Å²) in [4.78, 5) is 17.3. The monoisotopic (exact) mass is 328 g/mol. The number of ketones is 1. The summed E-state index contributed by atoms with van der Waals surface area (Å²) in [7, 11) is 2.16. The van der Waals surface area contributed by atoms with E-state index in [0.29, 0.717) is 16.1 Å². The van der Waals surface area contributed by atoms with Crippen molar-refractivity contribution in [1.29, 1.82) is 0 Å². The molecule has 0 radical (unpaired) electrons. The third-order valence-electron chi connectivity index (χ3n) is 4.34. The van der Waals surface area contributed by atoms with E-state index in [2.05, 4.69) is 16.8 Å². The van der Waals surface area contributed by atoms with Crippen LogP contribution in [0, 0.1) is 0 Å². The van der Waals surface area contributed by atoms with Gasteiger partial charge in [-0.2, -0.15) is 0 Å². The van der Waals surface area contributed by atoms with Gasteiger partial charge >= 0.3 is 0 Å². The number of hydrogen-bond acceptors (Lipinski definition) is 3. The molecule has 0 spiro atoms. The first-order chi connectivity index (χ1) is 11.1. The molecule has 0 unspecified atom stereocenters. The van der Waals surface area contributed by atoms with Crippen molar-refractivity contribution in [2.75, 3.05) is 33.2 Å². The number of carbonyl (C=O) groups excluding carboxylic acids is 1. The van der Waals surface area contributed by atoms with Crippen LogP contribution in [0.2, 0.25) is 5.02 Å². The summed E-state index contributed by atoms with van der Waals surface area (Å²) in [6, 6.07) is 15.1. The molecule has 23 heavy (non-hydrogen) atoms. The number of benzene rings is 2. The highest BCUT2D eigenvalue weighted by molar-refractivity contribution is 6.34. The largest absolute Gasteiger partial charge is 0.304 e. The fraction of sp³-hybridized carbons (Fsp3) is 0.316. The van der Waals surface area contributed by atoms with Crippen molar-refractivity contribution in [2.24, 2.45) is 0 Å². The number of nitrogens with zero attached hydrogens (tertiary/aromatic N) is 2. The van der Waals surface area contributed by atoms with Crippen LogP contribution in [0.25, 0.3) is 0 Å². The molecule has 4 heteroatoms. The highest BCUT2D eigenvalue weighted by Crippen LogP contribution is 2.19. The van der Waals surface area contributed by atoms with Crippen LogP contribution in [-0.2, 0) is 6.54 Å². The maximum absolute atomic E-state index is 12.5. The molecule has 1 aliphatic rings. The molecule has 0 N–H and O–H groups in total. The molecule has 0 bridgehead atoms. The van der Waals surface area contributed by atoms with Crippen LogP contribution in [0.5, 0.6) is 0 Å². The zero-order valence-electron chi connectivity index (χ0n) is 13.3. The molecule has 2 aromatic rings. The number of hydrogen-bond donors (Lipinski definition) is 0. The average molecular weight is 329 g/mol. The molecule has 0 saturated carbocycles. The lowest BCUT2D eigenvalue weighted by Gasteiger charge is -2.32. The van der Waals surface area contributed by atoms with Gasteiger partial charge in [-0.1, -0.05) is 48.0 Å². The lowest BCUT2D eigenvalue weighted by molar-refractivity contribution is 0.103. The molecule has 0 amide bonds. The van der Waals surface area contributed by atoms with E-state index in [0.717, 1.165) is 32.7 Å². The summed E-state index contributed by atoms with van der Waals surface area (Å²) >= 11 is 6.11. The Hall–Kier alpha value is -1.68. The van der Waals surface area contributed by atoms with E-state index in [1.54, 1.807) is 12.1 Å². The SMILES string of the molecule is CN1CCN(Cc2ccc(C(=O)c3ccccc3Cl)cc2)CC1. The van der Waals surface area contributed by atoms with Gasteiger partial charge in [0.1, 0.15) is 0 Å². The van der Waals surface area contributed by atoms with E-state index in [1.165, 1.54) is 5.56 Å².